The Morgan fingerprint density at radius 3 is 2.81 bits per heavy atom. The molecule has 4 rings (SSSR count). The summed E-state index contributed by atoms with van der Waals surface area (Å²) in [5.41, 5.74) is 0.895. The molecule has 0 aromatic heterocycles. The lowest BCUT2D eigenvalue weighted by molar-refractivity contribution is -0.138. The van der Waals surface area contributed by atoms with Crippen molar-refractivity contribution < 1.29 is 27.8 Å². The van der Waals surface area contributed by atoms with Gasteiger partial charge in [0.2, 0.25) is 11.8 Å². The van der Waals surface area contributed by atoms with Gasteiger partial charge in [0.15, 0.2) is 0 Å². The Labute approximate surface area is 185 Å². The molecule has 0 N–H and O–H groups in total. The van der Waals surface area contributed by atoms with Gasteiger partial charge in [-0.05, 0) is 42.7 Å². The number of benzene rings is 2. The number of nitrogens with zero attached hydrogens (tertiary/aromatic N) is 2. The molecule has 2 aliphatic rings. The van der Waals surface area contributed by atoms with E-state index in [0.717, 1.165) is 30.5 Å². The quantitative estimate of drug-likeness (QED) is 0.656. The van der Waals surface area contributed by atoms with Crippen molar-refractivity contribution in [1.82, 2.24) is 4.90 Å². The van der Waals surface area contributed by atoms with E-state index in [1.807, 2.05) is 24.3 Å². The number of ether oxygens (including phenoxy) is 2. The average Bonchev–Trinajstić information content (AvgIpc) is 3.43. The average molecular weight is 444 g/mol. The minimum Gasteiger partial charge on any atom is -0.497 e. The van der Waals surface area contributed by atoms with Crippen LogP contribution in [-0.2, 0) is 20.9 Å². The van der Waals surface area contributed by atoms with E-state index in [2.05, 4.69) is 0 Å². The fourth-order valence-corrected chi connectivity index (χ4v) is 4.32. The minimum atomic E-state index is -0.820. The highest BCUT2D eigenvalue weighted by molar-refractivity contribution is 6.00. The molecule has 2 fully saturated rings. The van der Waals surface area contributed by atoms with Crippen LogP contribution in [0.2, 0.25) is 0 Å². The lowest BCUT2D eigenvalue weighted by Crippen LogP contribution is -2.41. The second-order valence-electron chi connectivity index (χ2n) is 8.21. The van der Waals surface area contributed by atoms with E-state index >= 15 is 0 Å². The minimum absolute atomic E-state index is 0.00910. The van der Waals surface area contributed by atoms with Crippen molar-refractivity contribution in [3.05, 3.63) is 59.7 Å². The summed E-state index contributed by atoms with van der Waals surface area (Å²) in [5, 5.41) is 0. The van der Waals surface area contributed by atoms with Gasteiger partial charge >= 0.3 is 0 Å². The van der Waals surface area contributed by atoms with Crippen LogP contribution >= 0.6 is 0 Å². The Hall–Kier alpha value is -3.00. The van der Waals surface area contributed by atoms with E-state index in [-0.39, 0.29) is 36.6 Å². The number of methoxy groups -OCH3 is 1. The van der Waals surface area contributed by atoms with Gasteiger partial charge in [-0.2, -0.15) is 0 Å². The molecular formula is C24H26F2N2O4. The normalized spacial score (nSPS) is 20.6. The van der Waals surface area contributed by atoms with Crippen LogP contribution in [0, 0.1) is 17.6 Å². The third-order valence-electron chi connectivity index (χ3n) is 5.94. The van der Waals surface area contributed by atoms with Gasteiger partial charge in [-0.25, -0.2) is 8.78 Å². The number of amides is 2. The van der Waals surface area contributed by atoms with E-state index in [1.165, 1.54) is 11.0 Å². The topological polar surface area (TPSA) is 59.1 Å². The van der Waals surface area contributed by atoms with Crippen molar-refractivity contribution in [2.24, 2.45) is 5.92 Å². The van der Waals surface area contributed by atoms with Crippen LogP contribution in [0.4, 0.5) is 14.5 Å². The largest absolute Gasteiger partial charge is 0.497 e. The van der Waals surface area contributed by atoms with Crippen LogP contribution < -0.4 is 9.64 Å². The number of rotatable bonds is 7. The van der Waals surface area contributed by atoms with E-state index < -0.39 is 17.6 Å². The number of halogens is 2. The van der Waals surface area contributed by atoms with Gasteiger partial charge in [0, 0.05) is 38.7 Å². The highest BCUT2D eigenvalue weighted by Crippen LogP contribution is 2.30. The summed E-state index contributed by atoms with van der Waals surface area (Å²) in [6, 6.07) is 10.6. The summed E-state index contributed by atoms with van der Waals surface area (Å²) in [6.07, 6.45) is 1.76. The molecule has 0 bridgehead atoms. The smallest absolute Gasteiger partial charge is 0.228 e. The Kier molecular flexibility index (Phi) is 6.69. The molecule has 2 aliphatic heterocycles. The highest BCUT2D eigenvalue weighted by atomic mass is 19.1. The fourth-order valence-electron chi connectivity index (χ4n) is 4.32. The second kappa shape index (κ2) is 9.65. The molecule has 8 heteroatoms. The first-order chi connectivity index (χ1) is 15.4. The van der Waals surface area contributed by atoms with Gasteiger partial charge < -0.3 is 19.3 Å². The molecule has 0 saturated carbocycles. The number of carbonyl (C=O) groups excluding carboxylic acids is 2. The van der Waals surface area contributed by atoms with Crippen LogP contribution in [0.3, 0.4) is 0 Å². The van der Waals surface area contributed by atoms with E-state index in [4.69, 9.17) is 9.47 Å². The maximum absolute atomic E-state index is 14.2. The summed E-state index contributed by atoms with van der Waals surface area (Å²) in [6.45, 7) is 1.50. The summed E-state index contributed by atoms with van der Waals surface area (Å²) >= 11 is 0. The van der Waals surface area contributed by atoms with Crippen molar-refractivity contribution >= 4 is 17.5 Å². The fraction of sp³-hybridized carbons (Fsp3) is 0.417. The second-order valence-corrected chi connectivity index (χ2v) is 8.21. The Morgan fingerprint density at radius 2 is 2.09 bits per heavy atom. The van der Waals surface area contributed by atoms with Crippen LogP contribution in [-0.4, -0.2) is 49.6 Å². The molecule has 6 nitrogen and oxygen atoms in total. The Bertz CT molecular complexity index is 994. The summed E-state index contributed by atoms with van der Waals surface area (Å²) in [4.78, 5) is 29.0. The summed E-state index contributed by atoms with van der Waals surface area (Å²) in [7, 11) is 1.59. The summed E-state index contributed by atoms with van der Waals surface area (Å²) < 4.78 is 38.5. The molecule has 2 heterocycles. The molecule has 2 unspecified atom stereocenters. The zero-order valence-corrected chi connectivity index (χ0v) is 17.9. The molecule has 2 aromatic carbocycles. The van der Waals surface area contributed by atoms with E-state index in [0.29, 0.717) is 25.4 Å². The molecule has 32 heavy (non-hydrogen) atoms. The van der Waals surface area contributed by atoms with Crippen molar-refractivity contribution in [1.29, 1.82) is 0 Å². The van der Waals surface area contributed by atoms with Crippen LogP contribution in [0.25, 0.3) is 0 Å². The first kappa shape index (κ1) is 22.2. The van der Waals surface area contributed by atoms with Crippen molar-refractivity contribution in [3.8, 4) is 5.75 Å². The van der Waals surface area contributed by atoms with Crippen LogP contribution in [0.1, 0.15) is 24.8 Å². The molecular weight excluding hydrogens is 418 g/mol. The number of carbonyl (C=O) groups is 2. The lowest BCUT2D eigenvalue weighted by Gasteiger charge is -2.28. The maximum atomic E-state index is 14.2. The van der Waals surface area contributed by atoms with Gasteiger partial charge in [0.1, 0.15) is 17.4 Å². The molecule has 2 saturated heterocycles. The molecule has 170 valence electrons. The Morgan fingerprint density at radius 1 is 1.25 bits per heavy atom. The SMILES string of the molecule is COc1cccc(CN(CC2CCCO2)C(=O)C2CC(=O)N(c3ccc(F)cc3F)C2)c1. The number of hydrogen-bond acceptors (Lipinski definition) is 4. The predicted octanol–water partition coefficient (Wildman–Crippen LogP) is 3.53. The van der Waals surface area contributed by atoms with Crippen molar-refractivity contribution in [2.45, 2.75) is 31.9 Å². The standard InChI is InChI=1S/C24H26F2N2O4/c1-31-19-5-2-4-16(10-19)13-27(15-20-6-3-9-32-20)24(30)17-11-23(29)28(14-17)22-8-7-18(25)12-21(22)26/h2,4-5,7-8,10,12,17,20H,3,6,9,11,13-15H2,1H3. The first-order valence-corrected chi connectivity index (χ1v) is 10.7. The molecule has 2 atom stereocenters. The molecule has 0 aliphatic carbocycles. The predicted molar refractivity (Wildman–Crippen MR) is 114 cm³/mol. The zero-order valence-electron chi connectivity index (χ0n) is 17.9. The van der Waals surface area contributed by atoms with Crippen molar-refractivity contribution in [3.63, 3.8) is 0 Å². The van der Waals surface area contributed by atoms with E-state index in [1.54, 1.807) is 12.0 Å². The van der Waals surface area contributed by atoms with Gasteiger partial charge in [-0.15, -0.1) is 0 Å². The zero-order chi connectivity index (χ0) is 22.7. The van der Waals surface area contributed by atoms with Crippen LogP contribution in [0.15, 0.2) is 42.5 Å². The Balaban J connectivity index is 1.52. The van der Waals surface area contributed by atoms with Gasteiger partial charge in [0.05, 0.1) is 24.8 Å². The maximum Gasteiger partial charge on any atom is 0.228 e. The molecule has 0 radical (unpaired) electrons. The lowest BCUT2D eigenvalue weighted by atomic mass is 10.1. The molecule has 0 spiro atoms. The third-order valence-corrected chi connectivity index (χ3v) is 5.94. The molecule has 2 amide bonds. The monoisotopic (exact) mass is 444 g/mol. The number of hydrogen-bond donors (Lipinski definition) is 0. The van der Waals surface area contributed by atoms with E-state index in [9.17, 15) is 18.4 Å². The molecule has 2 aromatic rings. The summed E-state index contributed by atoms with van der Waals surface area (Å²) in [5.74, 6) is -1.99. The van der Waals surface area contributed by atoms with Crippen molar-refractivity contribution in [2.75, 3.05) is 31.7 Å². The van der Waals surface area contributed by atoms with Gasteiger partial charge in [0.25, 0.3) is 0 Å². The van der Waals surface area contributed by atoms with Gasteiger partial charge in [-0.3, -0.25) is 9.59 Å². The number of anilines is 1. The third kappa shape index (κ3) is 4.91. The van der Waals surface area contributed by atoms with Crippen LogP contribution in [0.5, 0.6) is 5.75 Å². The highest BCUT2D eigenvalue weighted by Gasteiger charge is 2.39. The van der Waals surface area contributed by atoms with Gasteiger partial charge in [-0.1, -0.05) is 12.1 Å². The first-order valence-electron chi connectivity index (χ1n) is 10.7.